The summed E-state index contributed by atoms with van der Waals surface area (Å²) >= 11 is 0. The van der Waals surface area contributed by atoms with E-state index < -0.39 is 12.1 Å². The number of esters is 2. The monoisotopic (exact) mass is 450 g/mol. The van der Waals surface area contributed by atoms with Gasteiger partial charge >= 0.3 is 18.0 Å². The number of nitrogens with one attached hydrogen (secondary N) is 1. The van der Waals surface area contributed by atoms with Crippen molar-refractivity contribution in [3.8, 4) is 0 Å². The third kappa shape index (κ3) is 5.23. The minimum Gasteiger partial charge on any atom is -0.465 e. The number of fused-ring (bicyclic) bond motifs is 2. The van der Waals surface area contributed by atoms with E-state index in [1.807, 2.05) is 38.1 Å². The highest BCUT2D eigenvalue weighted by atomic mass is 16.6. The number of H-pyrrole nitrogens is 1. The van der Waals surface area contributed by atoms with E-state index in [0.717, 1.165) is 10.9 Å². The minimum absolute atomic E-state index is 0.251. The fourth-order valence-electron chi connectivity index (χ4n) is 3.26. The summed E-state index contributed by atoms with van der Waals surface area (Å²) in [5.74, 6) is -0.532. The van der Waals surface area contributed by atoms with Crippen LogP contribution in [-0.4, -0.2) is 48.4 Å². The molecule has 0 amide bonds. The van der Waals surface area contributed by atoms with Gasteiger partial charge in [0.2, 0.25) is 0 Å². The van der Waals surface area contributed by atoms with E-state index >= 15 is 0 Å². The highest BCUT2D eigenvalue weighted by Gasteiger charge is 2.19. The summed E-state index contributed by atoms with van der Waals surface area (Å²) in [6.07, 6.45) is 2.63. The molecule has 8 heteroatoms. The van der Waals surface area contributed by atoms with Crippen molar-refractivity contribution in [1.82, 2.24) is 9.55 Å². The van der Waals surface area contributed by atoms with Crippen LogP contribution in [0.15, 0.2) is 60.9 Å². The molecule has 2 aromatic carbocycles. The maximum atomic E-state index is 12.1. The van der Waals surface area contributed by atoms with Crippen LogP contribution >= 0.6 is 0 Å². The Labute approximate surface area is 191 Å². The Morgan fingerprint density at radius 3 is 2.15 bits per heavy atom. The lowest BCUT2D eigenvalue weighted by molar-refractivity contribution is 0.0594. The lowest BCUT2D eigenvalue weighted by atomic mass is 10.2. The smallest absolute Gasteiger partial charge is 0.418 e. The first-order valence-electron chi connectivity index (χ1n) is 10.4. The fraction of sp³-hybridized carbons (Fsp3) is 0.240. The number of rotatable bonds is 4. The zero-order chi connectivity index (χ0) is 24.0. The zero-order valence-electron chi connectivity index (χ0n) is 19.0. The number of methoxy groups -OCH3 is 2. The average Bonchev–Trinajstić information content (AvgIpc) is 3.44. The predicted octanol–water partition coefficient (Wildman–Crippen LogP) is 5.02. The first-order chi connectivity index (χ1) is 15.9. The SMILES string of the molecule is COC(=O)c1c[nH]c2ccccc12.COC(=O)c1cn(C(=O)OCC(C)C)c2ccccc12. The number of ether oxygens (including phenoxy) is 3. The van der Waals surface area contributed by atoms with Gasteiger partial charge in [-0.2, -0.15) is 0 Å². The summed E-state index contributed by atoms with van der Waals surface area (Å²) in [6.45, 7) is 4.25. The Morgan fingerprint density at radius 2 is 1.48 bits per heavy atom. The first kappa shape index (κ1) is 23.6. The lowest BCUT2D eigenvalue weighted by Gasteiger charge is -2.08. The van der Waals surface area contributed by atoms with Crippen molar-refractivity contribution >= 4 is 39.8 Å². The summed E-state index contributed by atoms with van der Waals surface area (Å²) in [7, 11) is 2.69. The van der Waals surface area contributed by atoms with E-state index in [9.17, 15) is 14.4 Å². The number of aromatic amines is 1. The lowest BCUT2D eigenvalue weighted by Crippen LogP contribution is -2.15. The Kier molecular flexibility index (Phi) is 7.50. The number of hydrogen-bond acceptors (Lipinski definition) is 6. The van der Waals surface area contributed by atoms with Crippen molar-refractivity contribution in [1.29, 1.82) is 0 Å². The molecule has 4 rings (SSSR count). The molecule has 0 radical (unpaired) electrons. The van der Waals surface area contributed by atoms with Crippen molar-refractivity contribution in [2.75, 3.05) is 20.8 Å². The Bertz CT molecular complexity index is 1280. The van der Waals surface area contributed by atoms with Crippen LogP contribution < -0.4 is 0 Å². The highest BCUT2D eigenvalue weighted by molar-refractivity contribution is 6.06. The molecule has 0 spiro atoms. The molecule has 0 unspecified atom stereocenters. The molecule has 0 aliphatic carbocycles. The third-order valence-electron chi connectivity index (χ3n) is 4.85. The number of aromatic nitrogens is 2. The molecule has 172 valence electrons. The van der Waals surface area contributed by atoms with Gasteiger partial charge in [0.25, 0.3) is 0 Å². The summed E-state index contributed by atoms with van der Waals surface area (Å²) in [6, 6.07) is 14.8. The van der Waals surface area contributed by atoms with E-state index in [4.69, 9.17) is 9.47 Å². The van der Waals surface area contributed by atoms with E-state index in [-0.39, 0.29) is 11.9 Å². The summed E-state index contributed by atoms with van der Waals surface area (Å²) in [5, 5.41) is 1.56. The number of carbonyl (C=O) groups is 3. The van der Waals surface area contributed by atoms with Gasteiger partial charge in [-0.15, -0.1) is 0 Å². The summed E-state index contributed by atoms with van der Waals surface area (Å²) in [5.41, 5.74) is 2.51. The largest absolute Gasteiger partial charge is 0.465 e. The molecule has 8 nitrogen and oxygen atoms in total. The second-order valence-corrected chi connectivity index (χ2v) is 7.63. The minimum atomic E-state index is -0.495. The van der Waals surface area contributed by atoms with Crippen LogP contribution in [0.3, 0.4) is 0 Å². The average molecular weight is 450 g/mol. The normalized spacial score (nSPS) is 10.6. The number of benzene rings is 2. The van der Waals surface area contributed by atoms with Crippen LogP contribution in [0, 0.1) is 5.92 Å². The van der Waals surface area contributed by atoms with Gasteiger partial charge in [0.15, 0.2) is 0 Å². The molecule has 1 N–H and O–H groups in total. The van der Waals surface area contributed by atoms with Crippen LogP contribution in [0.2, 0.25) is 0 Å². The van der Waals surface area contributed by atoms with Gasteiger partial charge in [-0.25, -0.2) is 14.4 Å². The second kappa shape index (κ2) is 10.5. The number of hydrogen-bond donors (Lipinski definition) is 1. The van der Waals surface area contributed by atoms with E-state index in [2.05, 4.69) is 9.72 Å². The van der Waals surface area contributed by atoms with Crippen molar-refractivity contribution in [2.45, 2.75) is 13.8 Å². The van der Waals surface area contributed by atoms with Gasteiger partial charge in [0, 0.05) is 28.7 Å². The predicted molar refractivity (Wildman–Crippen MR) is 124 cm³/mol. The van der Waals surface area contributed by atoms with Crippen LogP contribution in [0.5, 0.6) is 0 Å². The van der Waals surface area contributed by atoms with Crippen LogP contribution in [0.1, 0.15) is 34.6 Å². The molecule has 33 heavy (non-hydrogen) atoms. The summed E-state index contributed by atoms with van der Waals surface area (Å²) in [4.78, 5) is 38.1. The topological polar surface area (TPSA) is 99.6 Å². The molecule has 0 saturated carbocycles. The molecule has 0 bridgehead atoms. The van der Waals surface area contributed by atoms with E-state index in [1.54, 1.807) is 30.5 Å². The van der Waals surface area contributed by atoms with Crippen LogP contribution in [-0.2, 0) is 14.2 Å². The molecule has 0 saturated heterocycles. The Hall–Kier alpha value is -4.07. The number of carbonyl (C=O) groups excluding carboxylic acids is 3. The van der Waals surface area contributed by atoms with E-state index in [0.29, 0.717) is 28.6 Å². The van der Waals surface area contributed by atoms with Gasteiger partial charge in [-0.05, 0) is 18.1 Å². The number of para-hydroxylation sites is 2. The first-order valence-corrected chi connectivity index (χ1v) is 10.4. The van der Waals surface area contributed by atoms with Gasteiger partial charge in [0.1, 0.15) is 0 Å². The maximum absolute atomic E-state index is 12.1. The van der Waals surface area contributed by atoms with Gasteiger partial charge < -0.3 is 19.2 Å². The molecule has 0 atom stereocenters. The standard InChI is InChI=1S/C15H17NO4.C10H9NO2/c1-10(2)9-20-15(18)16-8-12(14(17)19-3)11-6-4-5-7-13(11)16;1-13-10(12)8-6-11-9-5-3-2-4-7(8)9/h4-8,10H,9H2,1-3H3;2-6,11H,1H3. The fourth-order valence-corrected chi connectivity index (χ4v) is 3.26. The third-order valence-corrected chi connectivity index (χ3v) is 4.85. The molecular formula is C25H26N2O6. The van der Waals surface area contributed by atoms with Crippen molar-refractivity contribution < 1.29 is 28.6 Å². The van der Waals surface area contributed by atoms with Crippen molar-refractivity contribution in [2.24, 2.45) is 5.92 Å². The van der Waals surface area contributed by atoms with Crippen molar-refractivity contribution in [3.05, 3.63) is 72.1 Å². The quantitative estimate of drug-likeness (QED) is 0.346. The second-order valence-electron chi connectivity index (χ2n) is 7.63. The maximum Gasteiger partial charge on any atom is 0.418 e. The molecule has 0 aliphatic rings. The van der Waals surface area contributed by atoms with Crippen molar-refractivity contribution in [3.63, 3.8) is 0 Å². The van der Waals surface area contributed by atoms with Crippen LogP contribution in [0.25, 0.3) is 21.8 Å². The van der Waals surface area contributed by atoms with Crippen LogP contribution in [0.4, 0.5) is 4.79 Å². The van der Waals surface area contributed by atoms with Gasteiger partial charge in [-0.1, -0.05) is 50.2 Å². The Balaban J connectivity index is 0.000000203. The van der Waals surface area contributed by atoms with E-state index in [1.165, 1.54) is 25.0 Å². The molecule has 4 aromatic rings. The van der Waals surface area contributed by atoms with Gasteiger partial charge in [0.05, 0.1) is 37.5 Å². The van der Waals surface area contributed by atoms with Gasteiger partial charge in [-0.3, -0.25) is 4.57 Å². The highest BCUT2D eigenvalue weighted by Crippen LogP contribution is 2.22. The molecule has 2 heterocycles. The molecule has 0 aliphatic heterocycles. The molecule has 0 fully saturated rings. The summed E-state index contributed by atoms with van der Waals surface area (Å²) < 4.78 is 15.9. The number of nitrogens with zero attached hydrogens (tertiary/aromatic N) is 1. The molecule has 2 aromatic heterocycles. The zero-order valence-corrected chi connectivity index (χ0v) is 19.0. The Morgan fingerprint density at radius 1 is 0.879 bits per heavy atom. The molecular weight excluding hydrogens is 424 g/mol.